The summed E-state index contributed by atoms with van der Waals surface area (Å²) in [5, 5.41) is 6.03. The summed E-state index contributed by atoms with van der Waals surface area (Å²) >= 11 is 5.11. The summed E-state index contributed by atoms with van der Waals surface area (Å²) in [5.41, 5.74) is 9.26. The molecule has 3 aromatic rings. The van der Waals surface area contributed by atoms with Crippen molar-refractivity contribution < 1.29 is 4.79 Å². The quantitative estimate of drug-likeness (QED) is 0.422. The van der Waals surface area contributed by atoms with Gasteiger partial charge in [-0.2, -0.15) is 0 Å². The van der Waals surface area contributed by atoms with E-state index in [0.717, 1.165) is 11.4 Å². The standard InChI is InChI=1S/C18H16N4OS/c19-15-11-13(21-12-5-2-1-3-6-12)8-9-16(15)22-17(23)14-7-4-10-20-18(14)24/h1-11,21H,19H2,(H,20,24)(H,22,23). The Labute approximate surface area is 144 Å². The topological polar surface area (TPSA) is 82.9 Å². The van der Waals surface area contributed by atoms with Gasteiger partial charge in [0.25, 0.3) is 5.91 Å². The van der Waals surface area contributed by atoms with Crippen LogP contribution < -0.4 is 16.4 Å². The van der Waals surface area contributed by atoms with Crippen LogP contribution in [0.25, 0.3) is 0 Å². The first-order valence-corrected chi connectivity index (χ1v) is 7.75. The average Bonchev–Trinajstić information content (AvgIpc) is 2.58. The second kappa shape index (κ2) is 6.97. The molecule has 1 heterocycles. The van der Waals surface area contributed by atoms with Crippen LogP contribution >= 0.6 is 12.2 Å². The number of nitrogen functional groups attached to an aromatic ring is 1. The molecule has 1 aromatic heterocycles. The van der Waals surface area contributed by atoms with Gasteiger partial charge in [0.1, 0.15) is 4.64 Å². The number of aromatic nitrogens is 1. The molecule has 24 heavy (non-hydrogen) atoms. The summed E-state index contributed by atoms with van der Waals surface area (Å²) in [4.78, 5) is 15.1. The maximum Gasteiger partial charge on any atom is 0.258 e. The number of anilines is 4. The second-order valence-electron chi connectivity index (χ2n) is 5.16. The Bertz CT molecular complexity index is 922. The second-order valence-corrected chi connectivity index (χ2v) is 5.57. The van der Waals surface area contributed by atoms with Crippen molar-refractivity contribution in [1.29, 1.82) is 0 Å². The lowest BCUT2D eigenvalue weighted by molar-refractivity contribution is 0.102. The molecule has 0 aliphatic rings. The highest BCUT2D eigenvalue weighted by atomic mass is 32.1. The van der Waals surface area contributed by atoms with Gasteiger partial charge in [0.15, 0.2) is 0 Å². The lowest BCUT2D eigenvalue weighted by Gasteiger charge is -2.11. The van der Waals surface area contributed by atoms with E-state index < -0.39 is 0 Å². The molecule has 2 aromatic carbocycles. The van der Waals surface area contributed by atoms with Crippen molar-refractivity contribution in [3.05, 3.63) is 77.1 Å². The fourth-order valence-corrected chi connectivity index (χ4v) is 2.46. The van der Waals surface area contributed by atoms with Crippen LogP contribution in [0, 0.1) is 4.64 Å². The van der Waals surface area contributed by atoms with Gasteiger partial charge in [-0.15, -0.1) is 0 Å². The molecule has 0 spiro atoms. The number of hydrogen-bond acceptors (Lipinski definition) is 4. The molecule has 0 bridgehead atoms. The van der Waals surface area contributed by atoms with Crippen LogP contribution in [-0.4, -0.2) is 10.9 Å². The molecule has 0 saturated carbocycles. The highest BCUT2D eigenvalue weighted by molar-refractivity contribution is 7.71. The first-order chi connectivity index (χ1) is 11.6. The average molecular weight is 336 g/mol. The Kier molecular flexibility index (Phi) is 4.58. The summed E-state index contributed by atoms with van der Waals surface area (Å²) < 4.78 is 0.385. The van der Waals surface area contributed by atoms with Crippen LogP contribution in [0.5, 0.6) is 0 Å². The van der Waals surface area contributed by atoms with E-state index in [9.17, 15) is 4.79 Å². The Balaban J connectivity index is 1.77. The minimum Gasteiger partial charge on any atom is -0.397 e. The SMILES string of the molecule is Nc1cc(Nc2ccccc2)ccc1NC(=O)c1ccc[nH]c1=S. The van der Waals surface area contributed by atoms with Crippen LogP contribution in [0.3, 0.4) is 0 Å². The Morgan fingerprint density at radius 2 is 1.79 bits per heavy atom. The summed E-state index contributed by atoms with van der Waals surface area (Å²) in [6, 6.07) is 18.5. The molecular weight excluding hydrogens is 320 g/mol. The number of amides is 1. The smallest absolute Gasteiger partial charge is 0.258 e. The zero-order chi connectivity index (χ0) is 16.9. The van der Waals surface area contributed by atoms with E-state index in [2.05, 4.69) is 15.6 Å². The molecule has 0 fully saturated rings. The molecule has 0 aliphatic carbocycles. The van der Waals surface area contributed by atoms with E-state index in [4.69, 9.17) is 18.0 Å². The zero-order valence-electron chi connectivity index (χ0n) is 12.7. The highest BCUT2D eigenvalue weighted by Gasteiger charge is 2.10. The lowest BCUT2D eigenvalue weighted by Crippen LogP contribution is -2.14. The van der Waals surface area contributed by atoms with Crippen LogP contribution in [0.4, 0.5) is 22.7 Å². The van der Waals surface area contributed by atoms with E-state index >= 15 is 0 Å². The van der Waals surface area contributed by atoms with Gasteiger partial charge in [0.2, 0.25) is 0 Å². The summed E-state index contributed by atoms with van der Waals surface area (Å²) in [6.45, 7) is 0. The van der Waals surface area contributed by atoms with Gasteiger partial charge in [-0.3, -0.25) is 4.79 Å². The summed E-state index contributed by atoms with van der Waals surface area (Å²) in [5.74, 6) is -0.299. The zero-order valence-corrected chi connectivity index (χ0v) is 13.6. The molecule has 0 aliphatic heterocycles. The van der Waals surface area contributed by atoms with Gasteiger partial charge in [-0.25, -0.2) is 0 Å². The van der Waals surface area contributed by atoms with E-state index in [-0.39, 0.29) is 5.91 Å². The Hall–Kier alpha value is -3.12. The van der Waals surface area contributed by atoms with E-state index in [1.165, 1.54) is 0 Å². The van der Waals surface area contributed by atoms with Crippen LogP contribution in [-0.2, 0) is 0 Å². The van der Waals surface area contributed by atoms with Crippen LogP contribution in [0.1, 0.15) is 10.4 Å². The first kappa shape index (κ1) is 15.8. The molecule has 0 saturated heterocycles. The molecule has 0 unspecified atom stereocenters. The van der Waals surface area contributed by atoms with Crippen molar-refractivity contribution in [3.8, 4) is 0 Å². The largest absolute Gasteiger partial charge is 0.397 e. The minimum absolute atomic E-state index is 0.299. The molecule has 120 valence electrons. The molecule has 0 atom stereocenters. The van der Waals surface area contributed by atoms with Crippen molar-refractivity contribution in [1.82, 2.24) is 4.98 Å². The van der Waals surface area contributed by atoms with Gasteiger partial charge in [0, 0.05) is 17.6 Å². The maximum atomic E-state index is 12.3. The minimum atomic E-state index is -0.299. The molecular formula is C18H16N4OS. The van der Waals surface area contributed by atoms with Crippen molar-refractivity contribution >= 4 is 40.9 Å². The number of hydrogen-bond donors (Lipinski definition) is 4. The number of rotatable bonds is 4. The monoisotopic (exact) mass is 336 g/mol. The van der Waals surface area contributed by atoms with Gasteiger partial charge in [-0.05, 0) is 42.5 Å². The number of carbonyl (C=O) groups is 1. The molecule has 5 nitrogen and oxygen atoms in total. The van der Waals surface area contributed by atoms with Gasteiger partial charge < -0.3 is 21.4 Å². The number of aromatic amines is 1. The fourth-order valence-electron chi connectivity index (χ4n) is 2.23. The maximum absolute atomic E-state index is 12.3. The molecule has 3 rings (SSSR count). The number of H-pyrrole nitrogens is 1. The molecule has 6 heteroatoms. The van der Waals surface area contributed by atoms with Crippen molar-refractivity contribution in [3.63, 3.8) is 0 Å². The normalized spacial score (nSPS) is 10.2. The predicted octanol–water partition coefficient (Wildman–Crippen LogP) is 4.32. The van der Waals surface area contributed by atoms with E-state index in [0.29, 0.717) is 21.6 Å². The molecule has 5 N–H and O–H groups in total. The third-order valence-electron chi connectivity index (χ3n) is 3.43. The third-order valence-corrected chi connectivity index (χ3v) is 3.76. The first-order valence-electron chi connectivity index (χ1n) is 7.34. The summed E-state index contributed by atoms with van der Waals surface area (Å²) in [7, 11) is 0. The van der Waals surface area contributed by atoms with Crippen LogP contribution in [0.15, 0.2) is 66.9 Å². The predicted molar refractivity (Wildman–Crippen MR) is 100 cm³/mol. The molecule has 1 amide bonds. The Morgan fingerprint density at radius 1 is 1.00 bits per heavy atom. The third kappa shape index (κ3) is 3.61. The van der Waals surface area contributed by atoms with Crippen molar-refractivity contribution in [2.75, 3.05) is 16.4 Å². The lowest BCUT2D eigenvalue weighted by atomic mass is 10.2. The fraction of sp³-hybridized carbons (Fsp3) is 0. The Morgan fingerprint density at radius 3 is 2.50 bits per heavy atom. The highest BCUT2D eigenvalue weighted by Crippen LogP contribution is 2.25. The number of pyridine rings is 1. The number of carbonyl (C=O) groups excluding carboxylic acids is 1. The van der Waals surface area contributed by atoms with Gasteiger partial charge >= 0.3 is 0 Å². The summed E-state index contributed by atoms with van der Waals surface area (Å²) in [6.07, 6.45) is 1.68. The van der Waals surface area contributed by atoms with E-state index in [1.54, 1.807) is 30.5 Å². The van der Waals surface area contributed by atoms with Crippen molar-refractivity contribution in [2.45, 2.75) is 0 Å². The molecule has 0 radical (unpaired) electrons. The number of nitrogens with one attached hydrogen (secondary N) is 3. The van der Waals surface area contributed by atoms with Gasteiger partial charge in [0.05, 0.1) is 16.9 Å². The van der Waals surface area contributed by atoms with E-state index in [1.807, 2.05) is 36.4 Å². The van der Waals surface area contributed by atoms with Crippen LogP contribution in [0.2, 0.25) is 0 Å². The van der Waals surface area contributed by atoms with Gasteiger partial charge in [-0.1, -0.05) is 30.4 Å². The number of nitrogens with two attached hydrogens (primary N) is 1. The number of benzene rings is 2. The number of para-hydroxylation sites is 1. The van der Waals surface area contributed by atoms with Crippen molar-refractivity contribution in [2.24, 2.45) is 0 Å².